The normalized spacial score (nSPS) is 10.0. The molecule has 9 heteroatoms. The molecule has 8 nitrogen and oxygen atoms in total. The summed E-state index contributed by atoms with van der Waals surface area (Å²) in [4.78, 5) is 22.3. The zero-order chi connectivity index (χ0) is 18.4. The van der Waals surface area contributed by atoms with Crippen LogP contribution in [0.4, 0.5) is 11.4 Å². The Balaban J connectivity index is 2.03. The zero-order valence-corrected chi connectivity index (χ0v) is 14.2. The number of nitrogens with one attached hydrogen (secondary N) is 1. The molecule has 0 aliphatic heterocycles. The number of ether oxygens (including phenoxy) is 3. The van der Waals surface area contributed by atoms with Gasteiger partial charge in [0.25, 0.3) is 5.91 Å². The smallest absolute Gasteiger partial charge is 0.311 e. The molecule has 0 aromatic heterocycles. The third kappa shape index (κ3) is 4.74. The number of amides is 1. The summed E-state index contributed by atoms with van der Waals surface area (Å²) in [5, 5.41) is 13.9. The Hall–Kier alpha value is -3.00. The molecule has 132 valence electrons. The molecular formula is C16H15ClN2O6. The van der Waals surface area contributed by atoms with Crippen LogP contribution in [0.2, 0.25) is 5.02 Å². The van der Waals surface area contributed by atoms with Crippen molar-refractivity contribution in [3.63, 3.8) is 0 Å². The standard InChI is InChI=1S/C16H15ClN2O6/c1-23-14-6-3-10(17)7-12(14)18-16(20)9-25-11-4-5-13(19(21)22)15(8-11)24-2/h3-8H,9H2,1-2H3,(H,18,20). The van der Waals surface area contributed by atoms with Crippen LogP contribution in [-0.2, 0) is 4.79 Å². The minimum atomic E-state index is -0.569. The Bertz CT molecular complexity index is 796. The first-order valence-electron chi connectivity index (χ1n) is 7.03. The van der Waals surface area contributed by atoms with E-state index in [1.54, 1.807) is 18.2 Å². The molecule has 0 bridgehead atoms. The number of nitrogens with zero attached hydrogens (tertiary/aromatic N) is 1. The molecule has 1 amide bonds. The van der Waals surface area contributed by atoms with Gasteiger partial charge in [0.05, 0.1) is 24.8 Å². The van der Waals surface area contributed by atoms with Crippen molar-refractivity contribution < 1.29 is 23.9 Å². The molecule has 0 unspecified atom stereocenters. The van der Waals surface area contributed by atoms with E-state index < -0.39 is 10.8 Å². The van der Waals surface area contributed by atoms with Gasteiger partial charge in [-0.2, -0.15) is 0 Å². The maximum absolute atomic E-state index is 12.0. The first-order chi connectivity index (χ1) is 11.9. The largest absolute Gasteiger partial charge is 0.495 e. The minimum Gasteiger partial charge on any atom is -0.495 e. The summed E-state index contributed by atoms with van der Waals surface area (Å²) in [6.07, 6.45) is 0. The Kier molecular flexibility index (Phi) is 6.02. The van der Waals surface area contributed by atoms with Crippen LogP contribution in [0, 0.1) is 10.1 Å². The van der Waals surface area contributed by atoms with Crippen LogP contribution in [0.1, 0.15) is 0 Å². The van der Waals surface area contributed by atoms with Crippen molar-refractivity contribution in [1.82, 2.24) is 0 Å². The van der Waals surface area contributed by atoms with E-state index in [1.165, 1.54) is 32.4 Å². The van der Waals surface area contributed by atoms with E-state index in [9.17, 15) is 14.9 Å². The quantitative estimate of drug-likeness (QED) is 0.596. The molecular weight excluding hydrogens is 352 g/mol. The Morgan fingerprint density at radius 3 is 2.52 bits per heavy atom. The van der Waals surface area contributed by atoms with Crippen molar-refractivity contribution >= 4 is 28.9 Å². The molecule has 1 N–H and O–H groups in total. The molecule has 2 rings (SSSR count). The predicted molar refractivity (Wildman–Crippen MR) is 91.8 cm³/mol. The summed E-state index contributed by atoms with van der Waals surface area (Å²) in [5.41, 5.74) is 0.216. The number of rotatable bonds is 7. The van der Waals surface area contributed by atoms with E-state index in [0.29, 0.717) is 16.5 Å². The number of carbonyl (C=O) groups excluding carboxylic acids is 1. The SMILES string of the molecule is COc1ccc(Cl)cc1NC(=O)COc1ccc([N+](=O)[O-])c(OC)c1. The topological polar surface area (TPSA) is 99.9 Å². The van der Waals surface area contributed by atoms with Gasteiger partial charge in [0.15, 0.2) is 6.61 Å². The molecule has 0 aliphatic rings. The van der Waals surface area contributed by atoms with Crippen molar-refractivity contribution in [2.75, 3.05) is 26.1 Å². The second-order valence-corrected chi connectivity index (χ2v) is 5.21. The van der Waals surface area contributed by atoms with Crippen LogP contribution in [0.25, 0.3) is 0 Å². The van der Waals surface area contributed by atoms with Crippen molar-refractivity contribution in [2.24, 2.45) is 0 Å². The fourth-order valence-corrected chi connectivity index (χ4v) is 2.18. The lowest BCUT2D eigenvalue weighted by atomic mass is 10.3. The summed E-state index contributed by atoms with van der Waals surface area (Å²) < 4.78 is 15.4. The number of hydrogen-bond acceptors (Lipinski definition) is 6. The van der Waals surface area contributed by atoms with Gasteiger partial charge >= 0.3 is 5.69 Å². The highest BCUT2D eigenvalue weighted by atomic mass is 35.5. The molecule has 25 heavy (non-hydrogen) atoms. The molecule has 0 fully saturated rings. The van der Waals surface area contributed by atoms with Crippen molar-refractivity contribution in [3.05, 3.63) is 51.5 Å². The minimum absolute atomic E-state index is 0.0411. The Labute approximate surface area is 148 Å². The first kappa shape index (κ1) is 18.3. The van der Waals surface area contributed by atoms with Gasteiger partial charge in [0.2, 0.25) is 5.75 Å². The third-order valence-electron chi connectivity index (χ3n) is 3.15. The predicted octanol–water partition coefficient (Wildman–Crippen LogP) is 3.28. The van der Waals surface area contributed by atoms with E-state index >= 15 is 0 Å². The second-order valence-electron chi connectivity index (χ2n) is 4.77. The van der Waals surface area contributed by atoms with E-state index in [2.05, 4.69) is 5.32 Å². The van der Waals surface area contributed by atoms with Gasteiger partial charge in [-0.25, -0.2) is 0 Å². The molecule has 2 aromatic rings. The lowest BCUT2D eigenvalue weighted by Gasteiger charge is -2.11. The van der Waals surface area contributed by atoms with Crippen LogP contribution in [0.15, 0.2) is 36.4 Å². The number of benzene rings is 2. The highest BCUT2D eigenvalue weighted by Gasteiger charge is 2.16. The van der Waals surface area contributed by atoms with Crippen LogP contribution >= 0.6 is 11.6 Å². The number of anilines is 1. The van der Waals surface area contributed by atoms with Gasteiger partial charge < -0.3 is 19.5 Å². The van der Waals surface area contributed by atoms with Gasteiger partial charge in [-0.3, -0.25) is 14.9 Å². The Morgan fingerprint density at radius 2 is 1.88 bits per heavy atom. The molecule has 0 spiro atoms. The van der Waals surface area contributed by atoms with Gasteiger partial charge in [0.1, 0.15) is 11.5 Å². The monoisotopic (exact) mass is 366 g/mol. The van der Waals surface area contributed by atoms with Crippen LogP contribution < -0.4 is 19.5 Å². The maximum Gasteiger partial charge on any atom is 0.311 e. The van der Waals surface area contributed by atoms with Gasteiger partial charge in [0, 0.05) is 17.2 Å². The Morgan fingerprint density at radius 1 is 1.16 bits per heavy atom. The summed E-state index contributed by atoms with van der Waals surface area (Å²) in [7, 11) is 2.78. The van der Waals surface area contributed by atoms with E-state index in [-0.39, 0.29) is 23.8 Å². The van der Waals surface area contributed by atoms with E-state index in [0.717, 1.165) is 0 Å². The number of halogens is 1. The molecule has 0 radical (unpaired) electrons. The molecule has 0 saturated heterocycles. The number of nitro benzene ring substituents is 1. The number of hydrogen-bond donors (Lipinski definition) is 1. The summed E-state index contributed by atoms with van der Waals surface area (Å²) in [6, 6.07) is 8.77. The lowest BCUT2D eigenvalue weighted by Crippen LogP contribution is -2.20. The summed E-state index contributed by atoms with van der Waals surface area (Å²) in [5.74, 6) is 0.308. The second kappa shape index (κ2) is 8.20. The third-order valence-corrected chi connectivity index (χ3v) is 3.39. The summed E-state index contributed by atoms with van der Waals surface area (Å²) >= 11 is 5.90. The summed E-state index contributed by atoms with van der Waals surface area (Å²) in [6.45, 7) is -0.309. The average Bonchev–Trinajstić information content (AvgIpc) is 2.59. The number of carbonyl (C=O) groups is 1. The van der Waals surface area contributed by atoms with Crippen LogP contribution in [-0.4, -0.2) is 31.7 Å². The highest BCUT2D eigenvalue weighted by Crippen LogP contribution is 2.31. The average molecular weight is 367 g/mol. The molecule has 0 atom stereocenters. The molecule has 0 aliphatic carbocycles. The molecule has 0 saturated carbocycles. The van der Waals surface area contributed by atoms with Crippen molar-refractivity contribution in [1.29, 1.82) is 0 Å². The highest BCUT2D eigenvalue weighted by molar-refractivity contribution is 6.31. The fraction of sp³-hybridized carbons (Fsp3) is 0.188. The number of methoxy groups -OCH3 is 2. The first-order valence-corrected chi connectivity index (χ1v) is 7.41. The number of nitro groups is 1. The lowest BCUT2D eigenvalue weighted by molar-refractivity contribution is -0.385. The van der Waals surface area contributed by atoms with Gasteiger partial charge in [-0.1, -0.05) is 11.6 Å². The van der Waals surface area contributed by atoms with E-state index in [4.69, 9.17) is 25.8 Å². The van der Waals surface area contributed by atoms with Crippen molar-refractivity contribution in [3.8, 4) is 17.2 Å². The van der Waals surface area contributed by atoms with Gasteiger partial charge in [-0.15, -0.1) is 0 Å². The van der Waals surface area contributed by atoms with Crippen LogP contribution in [0.5, 0.6) is 17.2 Å². The van der Waals surface area contributed by atoms with Gasteiger partial charge in [-0.05, 0) is 24.3 Å². The van der Waals surface area contributed by atoms with E-state index in [1.807, 2.05) is 0 Å². The fourth-order valence-electron chi connectivity index (χ4n) is 2.01. The van der Waals surface area contributed by atoms with Crippen molar-refractivity contribution in [2.45, 2.75) is 0 Å². The zero-order valence-electron chi connectivity index (χ0n) is 13.4. The maximum atomic E-state index is 12.0. The molecule has 0 heterocycles. The van der Waals surface area contributed by atoms with Crippen LogP contribution in [0.3, 0.4) is 0 Å². The molecule has 2 aromatic carbocycles.